The van der Waals surface area contributed by atoms with Crippen molar-refractivity contribution in [1.82, 2.24) is 4.90 Å². The Kier molecular flexibility index (Phi) is 6.30. The maximum absolute atomic E-state index is 13.2. The van der Waals surface area contributed by atoms with E-state index in [-0.39, 0.29) is 27.4 Å². The van der Waals surface area contributed by atoms with Crippen molar-refractivity contribution < 1.29 is 17.9 Å². The molecule has 1 aliphatic heterocycles. The van der Waals surface area contributed by atoms with Crippen LogP contribution in [0.15, 0.2) is 47.4 Å². The Morgan fingerprint density at radius 3 is 2.54 bits per heavy atom. The number of benzene rings is 2. The van der Waals surface area contributed by atoms with Gasteiger partial charge in [-0.2, -0.15) is 0 Å². The average molecular weight is 422 g/mol. The molecule has 0 aromatic heterocycles. The Labute approximate surface area is 171 Å². The van der Waals surface area contributed by atoms with Gasteiger partial charge in [-0.15, -0.1) is 0 Å². The van der Waals surface area contributed by atoms with Crippen LogP contribution >= 0.6 is 11.6 Å². The van der Waals surface area contributed by atoms with Gasteiger partial charge in [0.1, 0.15) is 5.75 Å². The smallest absolute Gasteiger partial charge is 0.255 e. The van der Waals surface area contributed by atoms with Crippen molar-refractivity contribution >= 4 is 27.3 Å². The maximum atomic E-state index is 13.2. The number of hydrogen-bond donors (Lipinski definition) is 0. The number of rotatable bonds is 5. The summed E-state index contributed by atoms with van der Waals surface area (Å²) in [6.45, 7) is 0.638. The number of piperidine rings is 1. The summed E-state index contributed by atoms with van der Waals surface area (Å²) in [4.78, 5) is 15.2. The molecule has 1 heterocycles. The molecule has 2 aromatic carbocycles. The molecule has 1 saturated heterocycles. The van der Waals surface area contributed by atoms with Crippen molar-refractivity contribution in [1.29, 1.82) is 0 Å². The molecule has 5 nitrogen and oxygen atoms in total. The minimum atomic E-state index is -3.42. The highest BCUT2D eigenvalue weighted by atomic mass is 35.5. The van der Waals surface area contributed by atoms with E-state index in [2.05, 4.69) is 0 Å². The van der Waals surface area contributed by atoms with Crippen LogP contribution in [-0.4, -0.2) is 45.2 Å². The fraction of sp³-hybridized carbons (Fsp3) is 0.381. The molecule has 150 valence electrons. The topological polar surface area (TPSA) is 63.7 Å². The van der Waals surface area contributed by atoms with E-state index >= 15 is 0 Å². The van der Waals surface area contributed by atoms with E-state index in [0.717, 1.165) is 43.3 Å². The van der Waals surface area contributed by atoms with Crippen molar-refractivity contribution in [2.24, 2.45) is 0 Å². The summed E-state index contributed by atoms with van der Waals surface area (Å²) in [5, 5.41) is 0.270. The zero-order chi connectivity index (χ0) is 20.3. The van der Waals surface area contributed by atoms with Crippen molar-refractivity contribution in [2.45, 2.75) is 36.6 Å². The van der Waals surface area contributed by atoms with Gasteiger partial charge in [-0.1, -0.05) is 23.7 Å². The van der Waals surface area contributed by atoms with Crippen LogP contribution < -0.4 is 4.74 Å². The normalized spacial score (nSPS) is 17.4. The molecule has 28 heavy (non-hydrogen) atoms. The van der Waals surface area contributed by atoms with Gasteiger partial charge in [-0.25, -0.2) is 8.42 Å². The average Bonchev–Trinajstić information content (AvgIpc) is 2.68. The molecule has 1 fully saturated rings. The van der Waals surface area contributed by atoms with Crippen LogP contribution in [0.4, 0.5) is 0 Å². The van der Waals surface area contributed by atoms with Crippen molar-refractivity contribution in [3.05, 3.63) is 58.6 Å². The molecule has 0 N–H and O–H groups in total. The Hall–Kier alpha value is -2.05. The molecule has 1 atom stereocenters. The molecule has 0 spiro atoms. The molecule has 0 aliphatic carbocycles. The third-order valence-electron chi connectivity index (χ3n) is 5.11. The highest BCUT2D eigenvalue weighted by Gasteiger charge is 2.29. The monoisotopic (exact) mass is 421 g/mol. The molecule has 7 heteroatoms. The summed E-state index contributed by atoms with van der Waals surface area (Å²) in [7, 11) is -1.79. The van der Waals surface area contributed by atoms with Crippen LogP contribution in [0.2, 0.25) is 5.02 Å². The highest BCUT2D eigenvalue weighted by Crippen LogP contribution is 2.27. The van der Waals surface area contributed by atoms with Crippen LogP contribution in [0.1, 0.15) is 35.2 Å². The first-order valence-corrected chi connectivity index (χ1v) is 11.5. The van der Waals surface area contributed by atoms with Gasteiger partial charge in [0.2, 0.25) is 0 Å². The molecule has 0 radical (unpaired) electrons. The van der Waals surface area contributed by atoms with Gasteiger partial charge < -0.3 is 9.64 Å². The van der Waals surface area contributed by atoms with E-state index in [0.29, 0.717) is 6.54 Å². The molecular weight excluding hydrogens is 398 g/mol. The summed E-state index contributed by atoms with van der Waals surface area (Å²) >= 11 is 6.25. The van der Waals surface area contributed by atoms with E-state index in [1.54, 1.807) is 7.11 Å². The number of nitrogens with zero attached hydrogens (tertiary/aromatic N) is 1. The molecule has 1 unspecified atom stereocenters. The second-order valence-corrected chi connectivity index (χ2v) is 9.54. The number of halogens is 1. The zero-order valence-corrected chi connectivity index (χ0v) is 17.6. The predicted octanol–water partition coefficient (Wildman–Crippen LogP) is 3.99. The summed E-state index contributed by atoms with van der Waals surface area (Å²) in [6, 6.07) is 12.2. The maximum Gasteiger partial charge on any atom is 0.255 e. The largest absolute Gasteiger partial charge is 0.497 e. The second-order valence-electron chi connectivity index (χ2n) is 7.11. The van der Waals surface area contributed by atoms with E-state index in [1.165, 1.54) is 18.2 Å². The van der Waals surface area contributed by atoms with E-state index < -0.39 is 9.84 Å². The number of hydrogen-bond acceptors (Lipinski definition) is 4. The highest BCUT2D eigenvalue weighted by molar-refractivity contribution is 7.90. The third kappa shape index (κ3) is 4.67. The number of carbonyl (C=O) groups excluding carboxylic acids is 1. The van der Waals surface area contributed by atoms with Crippen LogP contribution in [0, 0.1) is 0 Å². The van der Waals surface area contributed by atoms with Gasteiger partial charge in [0.15, 0.2) is 9.84 Å². The van der Waals surface area contributed by atoms with Gasteiger partial charge in [-0.3, -0.25) is 4.79 Å². The summed E-state index contributed by atoms with van der Waals surface area (Å²) < 4.78 is 28.9. The van der Waals surface area contributed by atoms with E-state index in [9.17, 15) is 13.2 Å². The summed E-state index contributed by atoms with van der Waals surface area (Å²) in [5.74, 6) is 0.582. The summed E-state index contributed by atoms with van der Waals surface area (Å²) in [6.07, 6.45) is 4.74. The number of carbonyl (C=O) groups is 1. The Morgan fingerprint density at radius 2 is 1.89 bits per heavy atom. The summed E-state index contributed by atoms with van der Waals surface area (Å²) in [5.41, 5.74) is 1.37. The van der Waals surface area contributed by atoms with E-state index in [4.69, 9.17) is 16.3 Å². The first-order valence-electron chi connectivity index (χ1n) is 9.23. The lowest BCUT2D eigenvalue weighted by atomic mass is 9.94. The third-order valence-corrected chi connectivity index (χ3v) is 6.55. The van der Waals surface area contributed by atoms with Gasteiger partial charge in [-0.05, 0) is 61.6 Å². The molecule has 2 aromatic rings. The first kappa shape index (κ1) is 20.7. The van der Waals surface area contributed by atoms with Crippen LogP contribution in [0.3, 0.4) is 0 Å². The zero-order valence-electron chi connectivity index (χ0n) is 16.0. The van der Waals surface area contributed by atoms with Crippen molar-refractivity contribution in [3.8, 4) is 5.75 Å². The molecule has 3 rings (SSSR count). The van der Waals surface area contributed by atoms with Gasteiger partial charge >= 0.3 is 0 Å². The van der Waals surface area contributed by atoms with Crippen LogP contribution in [-0.2, 0) is 16.3 Å². The van der Waals surface area contributed by atoms with Gasteiger partial charge in [0, 0.05) is 18.8 Å². The molecule has 1 aliphatic rings. The SMILES string of the molecule is COc1ccc(CC2CCCCN2C(=O)c2cc(S(C)(=O)=O)ccc2Cl)cc1. The molecule has 1 amide bonds. The number of sulfone groups is 1. The number of ether oxygens (including phenoxy) is 1. The number of methoxy groups -OCH3 is 1. The molecule has 0 bridgehead atoms. The fourth-order valence-electron chi connectivity index (χ4n) is 3.57. The Morgan fingerprint density at radius 1 is 1.18 bits per heavy atom. The number of likely N-dealkylation sites (tertiary alicyclic amines) is 1. The fourth-order valence-corrected chi connectivity index (χ4v) is 4.41. The quantitative estimate of drug-likeness (QED) is 0.732. The first-order chi connectivity index (χ1) is 13.3. The molecular formula is C21H24ClNO4S. The lowest BCUT2D eigenvalue weighted by Gasteiger charge is -2.36. The minimum absolute atomic E-state index is 0.0487. The Bertz CT molecular complexity index is 957. The van der Waals surface area contributed by atoms with Crippen LogP contribution in [0.25, 0.3) is 0 Å². The van der Waals surface area contributed by atoms with Gasteiger partial charge in [0.25, 0.3) is 5.91 Å². The van der Waals surface area contributed by atoms with Crippen molar-refractivity contribution in [2.75, 3.05) is 19.9 Å². The lowest BCUT2D eigenvalue weighted by Crippen LogP contribution is -2.45. The van der Waals surface area contributed by atoms with Crippen LogP contribution in [0.5, 0.6) is 5.75 Å². The predicted molar refractivity (Wildman–Crippen MR) is 110 cm³/mol. The number of amides is 1. The standard InChI is InChI=1S/C21H24ClNO4S/c1-27-17-8-6-15(7-9-17)13-16-5-3-4-12-23(16)21(24)19-14-18(28(2,25)26)10-11-20(19)22/h6-11,14,16H,3-5,12-13H2,1-2H3. The lowest BCUT2D eigenvalue weighted by molar-refractivity contribution is 0.0613. The second kappa shape index (κ2) is 8.53. The van der Waals surface area contributed by atoms with Crippen molar-refractivity contribution in [3.63, 3.8) is 0 Å². The minimum Gasteiger partial charge on any atom is -0.497 e. The Balaban J connectivity index is 1.86. The van der Waals surface area contributed by atoms with E-state index in [1.807, 2.05) is 29.2 Å². The van der Waals surface area contributed by atoms with Gasteiger partial charge in [0.05, 0.1) is 22.6 Å². The molecule has 0 saturated carbocycles.